The Morgan fingerprint density at radius 1 is 1.14 bits per heavy atom. The Hall–Kier alpha value is -1.35. The lowest BCUT2D eigenvalue weighted by Gasteiger charge is -2.21. The van der Waals surface area contributed by atoms with E-state index in [0.717, 1.165) is 38.6 Å². The normalized spacial score (nSPS) is 13.7. The second-order valence-electron chi connectivity index (χ2n) is 6.16. The summed E-state index contributed by atoms with van der Waals surface area (Å²) in [7, 11) is 1.91. The van der Waals surface area contributed by atoms with Crippen LogP contribution in [-0.2, 0) is 11.2 Å². The molecule has 0 saturated heterocycles. The number of benzene rings is 1. The number of nitrogens with zero attached hydrogens (tertiary/aromatic N) is 1. The van der Waals surface area contributed by atoms with Crippen LogP contribution >= 0.6 is 0 Å². The highest BCUT2D eigenvalue weighted by Gasteiger charge is 2.16. The largest absolute Gasteiger partial charge is 0.346 e. The zero-order valence-corrected chi connectivity index (χ0v) is 13.7. The Bertz CT molecular complexity index is 403. The molecule has 0 aliphatic carbocycles. The van der Waals surface area contributed by atoms with Crippen molar-refractivity contribution in [3.8, 4) is 0 Å². The minimum Gasteiger partial charge on any atom is -0.346 e. The summed E-state index contributed by atoms with van der Waals surface area (Å²) in [6, 6.07) is 10.7. The molecule has 2 N–H and O–H groups in total. The van der Waals surface area contributed by atoms with Crippen LogP contribution in [0.5, 0.6) is 0 Å². The fourth-order valence-electron chi connectivity index (χ4n) is 2.52. The van der Waals surface area contributed by atoms with E-state index in [1.165, 1.54) is 5.56 Å². The molecule has 0 fully saturated rings. The summed E-state index contributed by atoms with van der Waals surface area (Å²) >= 11 is 0. The van der Waals surface area contributed by atoms with Gasteiger partial charge >= 0.3 is 0 Å². The van der Waals surface area contributed by atoms with Crippen molar-refractivity contribution in [1.82, 2.24) is 4.90 Å². The molecule has 1 amide bonds. The van der Waals surface area contributed by atoms with Gasteiger partial charge < -0.3 is 10.6 Å². The fraction of sp³-hybridized carbons (Fsp3) is 0.611. The average molecular weight is 290 g/mol. The number of carbonyl (C=O) groups excluding carboxylic acids is 1. The van der Waals surface area contributed by atoms with Crippen LogP contribution in [0, 0.1) is 5.92 Å². The van der Waals surface area contributed by atoms with Crippen LogP contribution in [0.25, 0.3) is 0 Å². The molecule has 21 heavy (non-hydrogen) atoms. The molecule has 0 aliphatic heterocycles. The molecule has 118 valence electrons. The van der Waals surface area contributed by atoms with Crippen molar-refractivity contribution in [2.24, 2.45) is 11.7 Å². The third-order valence-electron chi connectivity index (χ3n) is 3.90. The van der Waals surface area contributed by atoms with Gasteiger partial charge in [-0.25, -0.2) is 0 Å². The van der Waals surface area contributed by atoms with E-state index in [0.29, 0.717) is 0 Å². The zero-order chi connectivity index (χ0) is 15.7. The molecule has 0 bridgehead atoms. The van der Waals surface area contributed by atoms with Gasteiger partial charge in [-0.1, -0.05) is 43.7 Å². The summed E-state index contributed by atoms with van der Waals surface area (Å²) in [5, 5.41) is 0. The zero-order valence-electron chi connectivity index (χ0n) is 13.7. The monoisotopic (exact) mass is 290 g/mol. The predicted molar refractivity (Wildman–Crippen MR) is 89.1 cm³/mol. The van der Waals surface area contributed by atoms with E-state index in [-0.39, 0.29) is 17.9 Å². The summed E-state index contributed by atoms with van der Waals surface area (Å²) in [6.45, 7) is 4.87. The maximum Gasteiger partial charge on any atom is 0.225 e. The van der Waals surface area contributed by atoms with Gasteiger partial charge in [0.2, 0.25) is 5.91 Å². The third-order valence-corrected chi connectivity index (χ3v) is 3.90. The molecule has 0 heterocycles. The molecular formula is C18H30N2O. The highest BCUT2D eigenvalue weighted by atomic mass is 16.2. The van der Waals surface area contributed by atoms with Gasteiger partial charge in [-0.2, -0.15) is 0 Å². The van der Waals surface area contributed by atoms with Crippen molar-refractivity contribution in [2.45, 2.75) is 52.0 Å². The van der Waals surface area contributed by atoms with E-state index >= 15 is 0 Å². The van der Waals surface area contributed by atoms with E-state index in [1.54, 1.807) is 0 Å². The Labute approximate surface area is 129 Å². The number of hydrogen-bond acceptors (Lipinski definition) is 2. The number of nitrogens with two attached hydrogens (primary N) is 1. The SMILES string of the molecule is CC(N)CCCC(C)C(=O)N(C)CCCc1ccccc1. The van der Waals surface area contributed by atoms with Gasteiger partial charge in [0.15, 0.2) is 0 Å². The molecule has 0 aromatic heterocycles. The highest BCUT2D eigenvalue weighted by molar-refractivity contribution is 5.78. The molecule has 0 saturated carbocycles. The molecule has 0 radical (unpaired) electrons. The van der Waals surface area contributed by atoms with Gasteiger partial charge in [0.05, 0.1) is 0 Å². The topological polar surface area (TPSA) is 46.3 Å². The van der Waals surface area contributed by atoms with Gasteiger partial charge in [0.1, 0.15) is 0 Å². The lowest BCUT2D eigenvalue weighted by Crippen LogP contribution is -2.32. The smallest absolute Gasteiger partial charge is 0.225 e. The molecule has 1 aromatic rings. The molecule has 3 nitrogen and oxygen atoms in total. The first kappa shape index (κ1) is 17.7. The highest BCUT2D eigenvalue weighted by Crippen LogP contribution is 2.12. The second-order valence-corrected chi connectivity index (χ2v) is 6.16. The second kappa shape index (κ2) is 9.56. The summed E-state index contributed by atoms with van der Waals surface area (Å²) < 4.78 is 0. The van der Waals surface area contributed by atoms with Crippen molar-refractivity contribution < 1.29 is 4.79 Å². The number of rotatable bonds is 9. The summed E-state index contributed by atoms with van der Waals surface area (Å²) in [4.78, 5) is 14.1. The average Bonchev–Trinajstić information content (AvgIpc) is 2.47. The molecule has 2 atom stereocenters. The van der Waals surface area contributed by atoms with E-state index < -0.39 is 0 Å². The predicted octanol–water partition coefficient (Wildman–Crippen LogP) is 3.23. The van der Waals surface area contributed by atoms with Crippen molar-refractivity contribution in [2.75, 3.05) is 13.6 Å². The van der Waals surface area contributed by atoms with Crippen LogP contribution in [-0.4, -0.2) is 30.4 Å². The number of amides is 1. The Morgan fingerprint density at radius 2 is 1.81 bits per heavy atom. The molecule has 2 unspecified atom stereocenters. The van der Waals surface area contributed by atoms with Gasteiger partial charge in [-0.15, -0.1) is 0 Å². The summed E-state index contributed by atoms with van der Waals surface area (Å²) in [5.74, 6) is 0.359. The first-order chi connectivity index (χ1) is 10.0. The van der Waals surface area contributed by atoms with Crippen LogP contribution in [0.4, 0.5) is 0 Å². The van der Waals surface area contributed by atoms with E-state index in [1.807, 2.05) is 31.9 Å². The summed E-state index contributed by atoms with van der Waals surface area (Å²) in [5.41, 5.74) is 7.08. The molecule has 3 heteroatoms. The van der Waals surface area contributed by atoms with Gasteiger partial charge in [-0.05, 0) is 38.2 Å². The summed E-state index contributed by atoms with van der Waals surface area (Å²) in [6.07, 6.45) is 5.00. The quantitative estimate of drug-likeness (QED) is 0.759. The van der Waals surface area contributed by atoms with Gasteiger partial charge in [-0.3, -0.25) is 4.79 Å². The van der Waals surface area contributed by atoms with Crippen molar-refractivity contribution in [1.29, 1.82) is 0 Å². The molecule has 1 rings (SSSR count). The standard InChI is InChI=1S/C18H30N2O/c1-15(9-7-10-16(2)19)18(21)20(3)14-8-13-17-11-5-4-6-12-17/h4-6,11-12,15-16H,7-10,13-14,19H2,1-3H3. The minimum absolute atomic E-state index is 0.102. The van der Waals surface area contributed by atoms with E-state index in [4.69, 9.17) is 5.73 Å². The molecule has 0 spiro atoms. The number of carbonyl (C=O) groups is 1. The molecular weight excluding hydrogens is 260 g/mol. The maximum absolute atomic E-state index is 12.3. The number of hydrogen-bond donors (Lipinski definition) is 1. The lowest BCUT2D eigenvalue weighted by atomic mass is 10.0. The van der Waals surface area contributed by atoms with Gasteiger partial charge in [0.25, 0.3) is 0 Å². The van der Waals surface area contributed by atoms with Crippen LogP contribution in [0.15, 0.2) is 30.3 Å². The van der Waals surface area contributed by atoms with Crippen molar-refractivity contribution in [3.05, 3.63) is 35.9 Å². The van der Waals surface area contributed by atoms with Crippen LogP contribution in [0.2, 0.25) is 0 Å². The lowest BCUT2D eigenvalue weighted by molar-refractivity contribution is -0.133. The third kappa shape index (κ3) is 7.28. The Balaban J connectivity index is 2.24. The van der Waals surface area contributed by atoms with Crippen LogP contribution < -0.4 is 5.73 Å². The van der Waals surface area contributed by atoms with Crippen LogP contribution in [0.1, 0.15) is 45.1 Å². The van der Waals surface area contributed by atoms with E-state index in [9.17, 15) is 4.79 Å². The van der Waals surface area contributed by atoms with E-state index in [2.05, 4.69) is 24.3 Å². The van der Waals surface area contributed by atoms with Crippen LogP contribution in [0.3, 0.4) is 0 Å². The minimum atomic E-state index is 0.102. The van der Waals surface area contributed by atoms with Crippen molar-refractivity contribution in [3.63, 3.8) is 0 Å². The Kier molecular flexibility index (Phi) is 8.06. The molecule has 0 aliphatic rings. The Morgan fingerprint density at radius 3 is 2.43 bits per heavy atom. The first-order valence-electron chi connectivity index (χ1n) is 8.05. The molecule has 1 aromatic carbocycles. The fourth-order valence-corrected chi connectivity index (χ4v) is 2.52. The number of aryl methyl sites for hydroxylation is 1. The van der Waals surface area contributed by atoms with Gasteiger partial charge in [0, 0.05) is 25.6 Å². The van der Waals surface area contributed by atoms with Crippen molar-refractivity contribution >= 4 is 5.91 Å². The first-order valence-corrected chi connectivity index (χ1v) is 8.05. The maximum atomic E-state index is 12.3.